The van der Waals surface area contributed by atoms with E-state index in [0.717, 1.165) is 11.8 Å². The molecular weight excluding hydrogens is 138 g/mol. The van der Waals surface area contributed by atoms with Gasteiger partial charge in [-0.25, -0.2) is 0 Å². The zero-order chi connectivity index (χ0) is 6.85. The van der Waals surface area contributed by atoms with E-state index in [0.29, 0.717) is 0 Å². The molecule has 0 saturated carbocycles. The van der Waals surface area contributed by atoms with Gasteiger partial charge in [0.15, 0.2) is 5.78 Å². The summed E-state index contributed by atoms with van der Waals surface area (Å²) in [6.07, 6.45) is 0. The van der Waals surface area contributed by atoms with Crippen molar-refractivity contribution in [1.82, 2.24) is 5.32 Å². The fraction of sp³-hybridized carbons (Fsp3) is 0.600. The Morgan fingerprint density at radius 3 is 2.78 bits per heavy atom. The topological polar surface area (TPSA) is 46.2 Å². The third kappa shape index (κ3) is 1.45. The van der Waals surface area contributed by atoms with E-state index in [1.54, 1.807) is 6.92 Å². The van der Waals surface area contributed by atoms with Gasteiger partial charge in [0.05, 0.1) is 11.8 Å². The van der Waals surface area contributed by atoms with Crippen molar-refractivity contribution in [2.75, 3.05) is 6.54 Å². The maximum Gasteiger partial charge on any atom is 0.280 e. The van der Waals surface area contributed by atoms with Crippen LogP contribution in [0.15, 0.2) is 0 Å². The molecule has 1 rings (SSSR count). The average molecular weight is 145 g/mol. The Morgan fingerprint density at radius 2 is 2.33 bits per heavy atom. The Labute approximate surface area is 57.2 Å². The van der Waals surface area contributed by atoms with Crippen LogP contribution in [0.4, 0.5) is 4.79 Å². The lowest BCUT2D eigenvalue weighted by molar-refractivity contribution is -0.117. The van der Waals surface area contributed by atoms with Crippen molar-refractivity contribution in [3.8, 4) is 0 Å². The molecule has 3 nitrogen and oxygen atoms in total. The third-order valence-electron chi connectivity index (χ3n) is 1.14. The average Bonchev–Trinajstić information content (AvgIpc) is 1.80. The van der Waals surface area contributed by atoms with Gasteiger partial charge in [0.2, 0.25) is 0 Å². The lowest BCUT2D eigenvalue weighted by Crippen LogP contribution is -2.37. The molecule has 0 radical (unpaired) electrons. The van der Waals surface area contributed by atoms with E-state index in [1.807, 2.05) is 0 Å². The molecule has 1 heterocycles. The minimum atomic E-state index is -0.154. The summed E-state index contributed by atoms with van der Waals surface area (Å²) in [4.78, 5) is 21.2. The van der Waals surface area contributed by atoms with Crippen molar-refractivity contribution in [2.24, 2.45) is 0 Å². The van der Waals surface area contributed by atoms with Crippen LogP contribution in [0.25, 0.3) is 0 Å². The van der Waals surface area contributed by atoms with E-state index in [1.165, 1.54) is 0 Å². The number of ketones is 1. The van der Waals surface area contributed by atoms with E-state index < -0.39 is 0 Å². The Bertz CT molecular complexity index is 157. The minimum Gasteiger partial charge on any atom is -0.340 e. The largest absolute Gasteiger partial charge is 0.340 e. The lowest BCUT2D eigenvalue weighted by atomic mass is 10.3. The molecule has 1 amide bonds. The molecule has 1 saturated heterocycles. The number of carbonyl (C=O) groups excluding carboxylic acids is 2. The molecule has 1 aliphatic rings. The maximum atomic E-state index is 10.7. The molecule has 1 fully saturated rings. The van der Waals surface area contributed by atoms with E-state index >= 15 is 0 Å². The Hall–Kier alpha value is -0.510. The molecule has 1 N–H and O–H groups in total. The van der Waals surface area contributed by atoms with Gasteiger partial charge in [-0.1, -0.05) is 11.8 Å². The predicted octanol–water partition coefficient (Wildman–Crippen LogP) is 0.400. The van der Waals surface area contributed by atoms with E-state index in [9.17, 15) is 9.59 Å². The summed E-state index contributed by atoms with van der Waals surface area (Å²) in [6.45, 7) is 1.94. The number of nitrogens with one attached hydrogen (secondary N) is 1. The van der Waals surface area contributed by atoms with Crippen molar-refractivity contribution in [3.05, 3.63) is 0 Å². The fourth-order valence-corrected chi connectivity index (χ4v) is 1.26. The number of Topliss-reactive ketones (excluding diaryl/α,β-unsaturated/α-hetero) is 1. The first kappa shape index (κ1) is 6.61. The summed E-state index contributed by atoms with van der Waals surface area (Å²) in [7, 11) is 0. The molecule has 4 heteroatoms. The summed E-state index contributed by atoms with van der Waals surface area (Å²) in [6, 6.07) is 0. The Kier molecular flexibility index (Phi) is 1.75. The van der Waals surface area contributed by atoms with Gasteiger partial charge in [-0.05, 0) is 6.92 Å². The highest BCUT2D eigenvalue weighted by Crippen LogP contribution is 2.15. The summed E-state index contributed by atoms with van der Waals surface area (Å²) < 4.78 is 0. The van der Waals surface area contributed by atoms with Gasteiger partial charge in [-0.3, -0.25) is 9.59 Å². The molecular formula is C5H7NO2S. The zero-order valence-corrected chi connectivity index (χ0v) is 5.83. The van der Waals surface area contributed by atoms with Crippen LogP contribution >= 0.6 is 11.8 Å². The molecule has 0 spiro atoms. The Morgan fingerprint density at radius 1 is 1.67 bits per heavy atom. The second kappa shape index (κ2) is 2.39. The molecule has 50 valence electrons. The van der Waals surface area contributed by atoms with Gasteiger partial charge in [0.25, 0.3) is 5.24 Å². The number of amides is 1. The van der Waals surface area contributed by atoms with Crippen LogP contribution in [0.2, 0.25) is 0 Å². The summed E-state index contributed by atoms with van der Waals surface area (Å²) in [5.74, 6) is 0.0969. The molecule has 0 aromatic heterocycles. The highest BCUT2D eigenvalue weighted by Gasteiger charge is 2.22. The number of rotatable bonds is 0. The van der Waals surface area contributed by atoms with Crippen LogP contribution < -0.4 is 5.32 Å². The first-order valence-electron chi connectivity index (χ1n) is 2.67. The van der Waals surface area contributed by atoms with Crippen LogP contribution in [0.1, 0.15) is 6.92 Å². The van der Waals surface area contributed by atoms with Gasteiger partial charge < -0.3 is 5.32 Å². The summed E-state index contributed by atoms with van der Waals surface area (Å²) >= 11 is 1.05. The summed E-state index contributed by atoms with van der Waals surface area (Å²) in [5.41, 5.74) is 0. The van der Waals surface area contributed by atoms with Crippen LogP contribution in [0, 0.1) is 0 Å². The highest BCUT2D eigenvalue weighted by atomic mass is 32.2. The summed E-state index contributed by atoms with van der Waals surface area (Å²) in [5, 5.41) is 2.19. The smallest absolute Gasteiger partial charge is 0.280 e. The standard InChI is InChI=1S/C5H7NO2S/c1-3-4(7)2-6-5(8)9-3/h3H,2H2,1H3,(H,6,8). The quantitative estimate of drug-likeness (QED) is 0.536. The van der Waals surface area contributed by atoms with Crippen molar-refractivity contribution in [2.45, 2.75) is 12.2 Å². The molecule has 9 heavy (non-hydrogen) atoms. The monoisotopic (exact) mass is 145 g/mol. The first-order valence-corrected chi connectivity index (χ1v) is 3.55. The van der Waals surface area contributed by atoms with Gasteiger partial charge in [0.1, 0.15) is 0 Å². The van der Waals surface area contributed by atoms with Gasteiger partial charge in [0, 0.05) is 0 Å². The molecule has 0 aliphatic carbocycles. The first-order chi connectivity index (χ1) is 4.20. The van der Waals surface area contributed by atoms with Crippen LogP contribution in [0.3, 0.4) is 0 Å². The van der Waals surface area contributed by atoms with Crippen molar-refractivity contribution >= 4 is 22.8 Å². The second-order valence-electron chi connectivity index (χ2n) is 1.87. The maximum absolute atomic E-state index is 10.7. The number of thioether (sulfide) groups is 1. The molecule has 1 unspecified atom stereocenters. The predicted molar refractivity (Wildman–Crippen MR) is 35.5 cm³/mol. The van der Waals surface area contributed by atoms with Gasteiger partial charge in [-0.15, -0.1) is 0 Å². The fourth-order valence-electron chi connectivity index (χ4n) is 0.571. The van der Waals surface area contributed by atoms with E-state index in [-0.39, 0.29) is 22.8 Å². The second-order valence-corrected chi connectivity index (χ2v) is 3.18. The molecule has 0 aromatic rings. The van der Waals surface area contributed by atoms with Crippen LogP contribution in [0.5, 0.6) is 0 Å². The minimum absolute atomic E-state index is 0.0953. The SMILES string of the molecule is CC1SC(=O)NCC1=O. The molecule has 1 aliphatic heterocycles. The molecule has 0 bridgehead atoms. The van der Waals surface area contributed by atoms with Gasteiger partial charge >= 0.3 is 0 Å². The number of hydrogen-bond donors (Lipinski definition) is 1. The third-order valence-corrected chi connectivity index (χ3v) is 2.12. The molecule has 0 aromatic carbocycles. The zero-order valence-electron chi connectivity index (χ0n) is 5.01. The van der Waals surface area contributed by atoms with Crippen LogP contribution in [-0.2, 0) is 4.79 Å². The van der Waals surface area contributed by atoms with Crippen molar-refractivity contribution in [3.63, 3.8) is 0 Å². The van der Waals surface area contributed by atoms with Crippen molar-refractivity contribution in [1.29, 1.82) is 0 Å². The molecule has 1 atom stereocenters. The van der Waals surface area contributed by atoms with Gasteiger partial charge in [-0.2, -0.15) is 0 Å². The van der Waals surface area contributed by atoms with E-state index in [2.05, 4.69) is 5.32 Å². The highest BCUT2D eigenvalue weighted by molar-refractivity contribution is 8.14. The van der Waals surface area contributed by atoms with Crippen molar-refractivity contribution < 1.29 is 9.59 Å². The lowest BCUT2D eigenvalue weighted by Gasteiger charge is -2.15. The Balaban J connectivity index is 2.54. The normalized spacial score (nSPS) is 27.9. The number of hydrogen-bond acceptors (Lipinski definition) is 3. The van der Waals surface area contributed by atoms with Crippen LogP contribution in [-0.4, -0.2) is 22.8 Å². The number of carbonyl (C=O) groups is 2. The van der Waals surface area contributed by atoms with E-state index in [4.69, 9.17) is 0 Å².